The van der Waals surface area contributed by atoms with Gasteiger partial charge in [0.05, 0.1) is 11.5 Å². The maximum atomic E-state index is 14.6. The summed E-state index contributed by atoms with van der Waals surface area (Å²) >= 11 is 0. The van der Waals surface area contributed by atoms with Crippen LogP contribution in [0.5, 0.6) is 0 Å². The number of halogens is 1. The van der Waals surface area contributed by atoms with E-state index >= 15 is 0 Å². The summed E-state index contributed by atoms with van der Waals surface area (Å²) < 4.78 is 19.2. The SMILES string of the molecule is C=C1C2C(CCc3ccc(F)cc3-c3ccc(-c4ccccc4)c[n+]31)c1ccccc1-c1cccc[n+]12. The van der Waals surface area contributed by atoms with E-state index in [9.17, 15) is 4.39 Å². The molecule has 2 aliphatic heterocycles. The molecular formula is C34H27FN2+2. The molecule has 2 aromatic heterocycles. The van der Waals surface area contributed by atoms with Crippen LogP contribution < -0.4 is 9.13 Å². The summed E-state index contributed by atoms with van der Waals surface area (Å²) in [5.41, 5.74) is 10.1. The number of pyridine rings is 2. The third kappa shape index (κ3) is 3.54. The number of aromatic nitrogens is 2. The normalized spacial score (nSPS) is 17.7. The first-order valence-electron chi connectivity index (χ1n) is 12.9. The Bertz CT molecular complexity index is 1670. The third-order valence-corrected chi connectivity index (χ3v) is 7.99. The molecule has 0 amide bonds. The summed E-state index contributed by atoms with van der Waals surface area (Å²) in [6, 6.07) is 35.1. The molecule has 0 radical (unpaired) electrons. The van der Waals surface area contributed by atoms with E-state index in [2.05, 4.69) is 100 Å². The molecule has 3 heteroatoms. The van der Waals surface area contributed by atoms with Gasteiger partial charge in [-0.1, -0.05) is 54.6 Å². The maximum absolute atomic E-state index is 14.6. The Kier molecular flexibility index (Phi) is 5.10. The van der Waals surface area contributed by atoms with E-state index in [1.54, 1.807) is 12.1 Å². The maximum Gasteiger partial charge on any atom is 0.249 e. The largest absolute Gasteiger partial charge is 0.249 e. The van der Waals surface area contributed by atoms with E-state index in [0.717, 1.165) is 46.5 Å². The van der Waals surface area contributed by atoms with Crippen molar-refractivity contribution in [1.29, 1.82) is 0 Å². The zero-order valence-corrected chi connectivity index (χ0v) is 20.5. The second-order valence-corrected chi connectivity index (χ2v) is 10.0. The van der Waals surface area contributed by atoms with Crippen molar-refractivity contribution in [2.45, 2.75) is 24.8 Å². The fraction of sp³-hybridized carbons (Fsp3) is 0.118. The first kappa shape index (κ1) is 21.9. The van der Waals surface area contributed by atoms with E-state index < -0.39 is 0 Å². The number of aryl methyl sites for hydroxylation is 1. The van der Waals surface area contributed by atoms with Crippen LogP contribution in [-0.2, 0) is 6.42 Å². The molecule has 3 aromatic carbocycles. The van der Waals surface area contributed by atoms with Gasteiger partial charge < -0.3 is 0 Å². The molecule has 0 saturated heterocycles. The Hall–Kier alpha value is -4.37. The van der Waals surface area contributed by atoms with Crippen LogP contribution in [0.15, 0.2) is 122 Å². The molecule has 2 atom stereocenters. The predicted octanol–water partition coefficient (Wildman–Crippen LogP) is 7.16. The molecule has 0 aliphatic carbocycles. The van der Waals surface area contributed by atoms with E-state index in [1.807, 2.05) is 12.1 Å². The number of rotatable bonds is 1. The van der Waals surface area contributed by atoms with Crippen LogP contribution in [0.25, 0.3) is 39.3 Å². The molecule has 0 fully saturated rings. The van der Waals surface area contributed by atoms with Crippen LogP contribution in [0.2, 0.25) is 0 Å². The zero-order chi connectivity index (χ0) is 24.9. The molecular weight excluding hydrogens is 455 g/mol. The molecule has 2 unspecified atom stereocenters. The van der Waals surface area contributed by atoms with Gasteiger partial charge in [-0.25, -0.2) is 4.39 Å². The minimum Gasteiger partial charge on any atom is -0.207 e. The molecule has 5 aromatic rings. The molecule has 0 bridgehead atoms. The molecule has 178 valence electrons. The molecule has 7 rings (SSSR count). The van der Waals surface area contributed by atoms with E-state index in [1.165, 1.54) is 16.8 Å². The number of hydrogen-bond acceptors (Lipinski definition) is 0. The Balaban J connectivity index is 1.51. The summed E-state index contributed by atoms with van der Waals surface area (Å²) in [7, 11) is 0. The van der Waals surface area contributed by atoms with Crippen molar-refractivity contribution in [2.24, 2.45) is 0 Å². The minimum atomic E-state index is -0.218. The van der Waals surface area contributed by atoms with Crippen LogP contribution in [0.1, 0.15) is 29.5 Å². The number of nitrogens with zero attached hydrogens (tertiary/aromatic N) is 2. The van der Waals surface area contributed by atoms with Crippen molar-refractivity contribution in [2.75, 3.05) is 0 Å². The van der Waals surface area contributed by atoms with Gasteiger partial charge in [0.25, 0.3) is 0 Å². The van der Waals surface area contributed by atoms with E-state index in [4.69, 9.17) is 6.58 Å². The van der Waals surface area contributed by atoms with Crippen LogP contribution in [0, 0.1) is 5.82 Å². The highest BCUT2D eigenvalue weighted by atomic mass is 19.1. The predicted molar refractivity (Wildman–Crippen MR) is 145 cm³/mol. The minimum absolute atomic E-state index is 0.0278. The van der Waals surface area contributed by atoms with Gasteiger partial charge in [0, 0.05) is 29.3 Å². The van der Waals surface area contributed by atoms with Crippen molar-refractivity contribution in [3.63, 3.8) is 0 Å². The molecule has 0 N–H and O–H groups in total. The smallest absolute Gasteiger partial charge is 0.207 e. The zero-order valence-electron chi connectivity index (χ0n) is 20.5. The lowest BCUT2D eigenvalue weighted by atomic mass is 9.78. The summed E-state index contributed by atoms with van der Waals surface area (Å²) in [5.74, 6) is 0.0186. The number of hydrogen-bond donors (Lipinski definition) is 0. The second kappa shape index (κ2) is 8.63. The number of allylic oxidation sites excluding steroid dienone is 1. The average Bonchev–Trinajstić information content (AvgIpc) is 3.00. The van der Waals surface area contributed by atoms with Gasteiger partial charge in [-0.15, -0.1) is 0 Å². The van der Waals surface area contributed by atoms with E-state index in [0.29, 0.717) is 0 Å². The quantitative estimate of drug-likeness (QED) is 0.224. The van der Waals surface area contributed by atoms with Gasteiger partial charge in [0.2, 0.25) is 23.1 Å². The Morgan fingerprint density at radius 3 is 2.43 bits per heavy atom. The topological polar surface area (TPSA) is 7.76 Å². The van der Waals surface area contributed by atoms with Gasteiger partial charge in [0.15, 0.2) is 12.4 Å². The average molecular weight is 483 g/mol. The first-order chi connectivity index (χ1) is 18.2. The van der Waals surface area contributed by atoms with Gasteiger partial charge in [0.1, 0.15) is 5.82 Å². The summed E-state index contributed by atoms with van der Waals surface area (Å²) in [6.07, 6.45) is 6.16. The Morgan fingerprint density at radius 1 is 0.730 bits per heavy atom. The van der Waals surface area contributed by atoms with Crippen molar-refractivity contribution < 1.29 is 13.5 Å². The lowest BCUT2D eigenvalue weighted by molar-refractivity contribution is -0.727. The standard InChI is InChI=1S/C34H27FN2/c1-23-34-30(28-11-5-6-12-29(28)32-13-7-8-20-36(32)34)18-15-25-14-17-27(35)21-31(25)33-19-16-26(22-37(23)33)24-9-3-2-4-10-24/h2-14,16-17,19-22,30,34H,1,15,18H2/q+2. The lowest BCUT2D eigenvalue weighted by Crippen LogP contribution is -2.53. The van der Waals surface area contributed by atoms with E-state index in [-0.39, 0.29) is 17.8 Å². The van der Waals surface area contributed by atoms with Crippen LogP contribution in [0.3, 0.4) is 0 Å². The summed E-state index contributed by atoms with van der Waals surface area (Å²) in [5, 5.41) is 0. The number of benzene rings is 3. The van der Waals surface area contributed by atoms with Gasteiger partial charge in [-0.05, 0) is 66.4 Å². The summed E-state index contributed by atoms with van der Waals surface area (Å²) in [6.45, 7) is 4.73. The van der Waals surface area contributed by atoms with Gasteiger partial charge in [-0.3, -0.25) is 0 Å². The van der Waals surface area contributed by atoms with Crippen molar-refractivity contribution in [3.05, 3.63) is 139 Å². The number of fused-ring (bicyclic) bond motifs is 9. The Morgan fingerprint density at radius 2 is 1.54 bits per heavy atom. The lowest BCUT2D eigenvalue weighted by Gasteiger charge is -2.29. The Labute approximate surface area is 216 Å². The van der Waals surface area contributed by atoms with Crippen molar-refractivity contribution in [1.82, 2.24) is 0 Å². The molecule has 0 spiro atoms. The highest BCUT2D eigenvalue weighted by molar-refractivity contribution is 5.69. The highest BCUT2D eigenvalue weighted by Crippen LogP contribution is 2.44. The van der Waals surface area contributed by atoms with Crippen molar-refractivity contribution >= 4 is 5.70 Å². The first-order valence-corrected chi connectivity index (χ1v) is 12.9. The van der Waals surface area contributed by atoms with Crippen LogP contribution in [0.4, 0.5) is 4.39 Å². The molecule has 37 heavy (non-hydrogen) atoms. The molecule has 2 aliphatic rings. The van der Waals surface area contributed by atoms with Gasteiger partial charge in [-0.2, -0.15) is 9.13 Å². The van der Waals surface area contributed by atoms with Gasteiger partial charge >= 0.3 is 0 Å². The molecule has 4 heterocycles. The highest BCUT2D eigenvalue weighted by Gasteiger charge is 2.46. The van der Waals surface area contributed by atoms with Crippen molar-refractivity contribution in [3.8, 4) is 33.6 Å². The second-order valence-electron chi connectivity index (χ2n) is 10.0. The molecule has 0 saturated carbocycles. The fourth-order valence-corrected chi connectivity index (χ4v) is 6.27. The fourth-order valence-electron chi connectivity index (χ4n) is 6.27. The van der Waals surface area contributed by atoms with Crippen LogP contribution >= 0.6 is 0 Å². The molecule has 2 nitrogen and oxygen atoms in total. The monoisotopic (exact) mass is 482 g/mol. The van der Waals surface area contributed by atoms with Crippen LogP contribution in [-0.4, -0.2) is 0 Å². The third-order valence-electron chi connectivity index (χ3n) is 7.99. The summed E-state index contributed by atoms with van der Waals surface area (Å²) in [4.78, 5) is 0.